The fourth-order valence-corrected chi connectivity index (χ4v) is 2.16. The first-order chi connectivity index (χ1) is 6.09. The second kappa shape index (κ2) is 5.10. The van der Waals surface area contributed by atoms with E-state index in [9.17, 15) is 4.79 Å². The van der Waals surface area contributed by atoms with Crippen LogP contribution in [0, 0.1) is 3.57 Å². The van der Waals surface area contributed by atoms with Gasteiger partial charge < -0.3 is 0 Å². The van der Waals surface area contributed by atoms with Crippen molar-refractivity contribution in [2.24, 2.45) is 0 Å². The normalized spacial score (nSPS) is 12.5. The average molecular weight is 353 g/mol. The summed E-state index contributed by atoms with van der Waals surface area (Å²) in [6.45, 7) is 1.61. The third kappa shape index (κ3) is 3.77. The summed E-state index contributed by atoms with van der Waals surface area (Å²) in [5.74, 6) is 0.209. The first-order valence-corrected chi connectivity index (χ1v) is 5.98. The summed E-state index contributed by atoms with van der Waals surface area (Å²) < 4.78 is 1.21. The van der Waals surface area contributed by atoms with Gasteiger partial charge in [0.05, 0.1) is 0 Å². The van der Waals surface area contributed by atoms with Crippen LogP contribution >= 0.6 is 38.5 Å². The highest BCUT2D eigenvalue weighted by Crippen LogP contribution is 2.26. The topological polar surface area (TPSA) is 17.1 Å². The van der Waals surface area contributed by atoms with Crippen LogP contribution in [0.1, 0.15) is 23.7 Å². The number of carbonyl (C=O) groups is 1. The number of ketones is 1. The number of halogens is 2. The summed E-state index contributed by atoms with van der Waals surface area (Å²) in [5, 5.41) is 0. The first kappa shape index (κ1) is 11.2. The first-order valence-electron chi connectivity index (χ1n) is 3.98. The second-order valence-electron chi connectivity index (χ2n) is 2.93. The van der Waals surface area contributed by atoms with E-state index < -0.39 is 0 Å². The van der Waals surface area contributed by atoms with Crippen LogP contribution in [0.5, 0.6) is 0 Å². The van der Waals surface area contributed by atoms with Gasteiger partial charge in [-0.2, -0.15) is 0 Å². The van der Waals surface area contributed by atoms with Crippen molar-refractivity contribution in [3.05, 3.63) is 33.4 Å². The fourth-order valence-electron chi connectivity index (χ4n) is 1.04. The molecule has 1 atom stereocenters. The molecule has 0 radical (unpaired) electrons. The molecule has 0 fully saturated rings. The van der Waals surface area contributed by atoms with Gasteiger partial charge in [-0.3, -0.25) is 4.79 Å². The zero-order valence-electron chi connectivity index (χ0n) is 7.26. The summed E-state index contributed by atoms with van der Waals surface area (Å²) >= 11 is 5.75. The highest BCUT2D eigenvalue weighted by Gasteiger charge is 2.08. The SMILES string of the molecule is CC(=O)CC(Br)c1ccc(I)cc1. The van der Waals surface area contributed by atoms with E-state index in [4.69, 9.17) is 0 Å². The van der Waals surface area contributed by atoms with E-state index in [-0.39, 0.29) is 10.6 Å². The number of Topliss-reactive ketones (excluding diaryl/α,β-unsaturated/α-hetero) is 1. The molecule has 0 aliphatic rings. The summed E-state index contributed by atoms with van der Waals surface area (Å²) in [6, 6.07) is 8.18. The Kier molecular flexibility index (Phi) is 4.38. The predicted molar refractivity (Wildman–Crippen MR) is 66.1 cm³/mol. The Morgan fingerprint density at radius 3 is 2.46 bits per heavy atom. The zero-order valence-corrected chi connectivity index (χ0v) is 11.0. The van der Waals surface area contributed by atoms with Crippen molar-refractivity contribution < 1.29 is 4.79 Å². The molecule has 1 unspecified atom stereocenters. The van der Waals surface area contributed by atoms with Gasteiger partial charge in [0.15, 0.2) is 0 Å². The molecule has 0 aliphatic carbocycles. The van der Waals surface area contributed by atoms with Gasteiger partial charge in [0, 0.05) is 14.8 Å². The molecule has 0 aliphatic heterocycles. The Morgan fingerprint density at radius 2 is 2.00 bits per heavy atom. The van der Waals surface area contributed by atoms with E-state index in [1.54, 1.807) is 6.92 Å². The van der Waals surface area contributed by atoms with E-state index in [1.807, 2.05) is 24.3 Å². The minimum atomic E-state index is 0.155. The molecule has 0 spiro atoms. The van der Waals surface area contributed by atoms with Gasteiger partial charge in [0.1, 0.15) is 5.78 Å². The summed E-state index contributed by atoms with van der Waals surface area (Å²) in [4.78, 5) is 11.0. The molecule has 0 saturated carbocycles. The van der Waals surface area contributed by atoms with E-state index >= 15 is 0 Å². The van der Waals surface area contributed by atoms with Crippen LogP contribution in [0.4, 0.5) is 0 Å². The monoisotopic (exact) mass is 352 g/mol. The standard InChI is InChI=1S/C10H10BrIO/c1-7(13)6-10(11)8-2-4-9(12)5-3-8/h2-5,10H,6H2,1H3. The molecule has 0 bridgehead atoms. The second-order valence-corrected chi connectivity index (χ2v) is 5.28. The summed E-state index contributed by atoms with van der Waals surface area (Å²) in [5.41, 5.74) is 1.16. The Hall–Kier alpha value is 0.1000. The minimum absolute atomic E-state index is 0.155. The van der Waals surface area contributed by atoms with Gasteiger partial charge in [0.25, 0.3) is 0 Å². The van der Waals surface area contributed by atoms with Crippen molar-refractivity contribution in [3.8, 4) is 0 Å². The number of hydrogen-bond acceptors (Lipinski definition) is 1. The summed E-state index contributed by atoms with van der Waals surface area (Å²) in [7, 11) is 0. The Labute approximate surface area is 100 Å². The largest absolute Gasteiger partial charge is 0.300 e. The van der Waals surface area contributed by atoms with Crippen LogP contribution in [-0.4, -0.2) is 5.78 Å². The molecule has 1 aromatic carbocycles. The Balaban J connectivity index is 2.71. The fraction of sp³-hybridized carbons (Fsp3) is 0.300. The Bertz CT molecular complexity index is 294. The lowest BCUT2D eigenvalue weighted by atomic mass is 10.1. The molecule has 1 nitrogen and oxygen atoms in total. The molecule has 0 saturated heterocycles. The lowest BCUT2D eigenvalue weighted by Crippen LogP contribution is -1.97. The molecule has 0 amide bonds. The van der Waals surface area contributed by atoms with Crippen LogP contribution in [0.15, 0.2) is 24.3 Å². The maximum Gasteiger partial charge on any atom is 0.131 e. The quantitative estimate of drug-likeness (QED) is 0.598. The van der Waals surface area contributed by atoms with Crippen LogP contribution in [0.2, 0.25) is 0 Å². The molecular formula is C10H10BrIO. The maximum atomic E-state index is 10.9. The molecule has 0 heterocycles. The van der Waals surface area contributed by atoms with E-state index in [1.165, 1.54) is 3.57 Å². The van der Waals surface area contributed by atoms with Crippen molar-refractivity contribution in [2.75, 3.05) is 0 Å². The number of hydrogen-bond donors (Lipinski definition) is 0. The van der Waals surface area contributed by atoms with Gasteiger partial charge in [-0.05, 0) is 47.2 Å². The van der Waals surface area contributed by atoms with E-state index in [0.29, 0.717) is 6.42 Å². The van der Waals surface area contributed by atoms with Crippen molar-refractivity contribution in [1.29, 1.82) is 0 Å². The molecule has 1 rings (SSSR count). The lowest BCUT2D eigenvalue weighted by Gasteiger charge is -2.07. The van der Waals surface area contributed by atoms with Gasteiger partial charge in [-0.25, -0.2) is 0 Å². The van der Waals surface area contributed by atoms with E-state index in [0.717, 1.165) is 5.56 Å². The van der Waals surface area contributed by atoms with Crippen LogP contribution < -0.4 is 0 Å². The van der Waals surface area contributed by atoms with Gasteiger partial charge >= 0.3 is 0 Å². The van der Waals surface area contributed by atoms with E-state index in [2.05, 4.69) is 38.5 Å². The lowest BCUT2D eigenvalue weighted by molar-refractivity contribution is -0.116. The number of benzene rings is 1. The van der Waals surface area contributed by atoms with Crippen molar-refractivity contribution in [3.63, 3.8) is 0 Å². The predicted octanol–water partition coefficient (Wildman–Crippen LogP) is 3.71. The number of rotatable bonds is 3. The van der Waals surface area contributed by atoms with Gasteiger partial charge in [-0.1, -0.05) is 28.1 Å². The highest BCUT2D eigenvalue weighted by atomic mass is 127. The average Bonchev–Trinajstić information content (AvgIpc) is 2.04. The van der Waals surface area contributed by atoms with Gasteiger partial charge in [0.2, 0.25) is 0 Å². The van der Waals surface area contributed by atoms with Crippen LogP contribution in [0.25, 0.3) is 0 Å². The van der Waals surface area contributed by atoms with Crippen molar-refractivity contribution in [1.82, 2.24) is 0 Å². The molecule has 70 valence electrons. The summed E-state index contributed by atoms with van der Waals surface area (Å²) in [6.07, 6.45) is 0.556. The smallest absolute Gasteiger partial charge is 0.131 e. The molecule has 3 heteroatoms. The zero-order chi connectivity index (χ0) is 9.84. The molecule has 0 N–H and O–H groups in total. The third-order valence-electron chi connectivity index (χ3n) is 1.70. The Morgan fingerprint density at radius 1 is 1.46 bits per heavy atom. The molecular weight excluding hydrogens is 343 g/mol. The number of carbonyl (C=O) groups excluding carboxylic acids is 1. The molecule has 0 aromatic heterocycles. The maximum absolute atomic E-state index is 10.9. The molecule has 1 aromatic rings. The third-order valence-corrected chi connectivity index (χ3v) is 3.27. The number of alkyl halides is 1. The minimum Gasteiger partial charge on any atom is -0.300 e. The highest BCUT2D eigenvalue weighted by molar-refractivity contribution is 14.1. The van der Waals surface area contributed by atoms with Crippen molar-refractivity contribution >= 4 is 44.3 Å². The molecule has 13 heavy (non-hydrogen) atoms. The van der Waals surface area contributed by atoms with Crippen LogP contribution in [-0.2, 0) is 4.79 Å². The van der Waals surface area contributed by atoms with Crippen molar-refractivity contribution in [2.45, 2.75) is 18.2 Å². The van der Waals surface area contributed by atoms with Gasteiger partial charge in [-0.15, -0.1) is 0 Å². The van der Waals surface area contributed by atoms with Crippen LogP contribution in [0.3, 0.4) is 0 Å².